The highest BCUT2D eigenvalue weighted by atomic mass is 16.6. The number of carbonyl (C=O) groups is 1. The molecule has 8 nitrogen and oxygen atoms in total. The fourth-order valence-electron chi connectivity index (χ4n) is 2.46. The summed E-state index contributed by atoms with van der Waals surface area (Å²) in [5, 5.41) is 19.8. The van der Waals surface area contributed by atoms with Crippen molar-refractivity contribution in [2.24, 2.45) is 0 Å². The number of ether oxygens (including phenoxy) is 1. The van der Waals surface area contributed by atoms with E-state index < -0.39 is 4.92 Å². The van der Waals surface area contributed by atoms with Crippen molar-refractivity contribution >= 4 is 11.6 Å². The molecule has 1 fully saturated rings. The van der Waals surface area contributed by atoms with E-state index in [0.29, 0.717) is 38.5 Å². The van der Waals surface area contributed by atoms with E-state index in [-0.39, 0.29) is 23.8 Å². The molecule has 1 aliphatic heterocycles. The predicted octanol–water partition coefficient (Wildman–Crippen LogP) is 0.353. The van der Waals surface area contributed by atoms with Gasteiger partial charge in [-0.1, -0.05) is 0 Å². The van der Waals surface area contributed by atoms with Crippen molar-refractivity contribution in [1.82, 2.24) is 9.80 Å². The molecule has 0 spiro atoms. The van der Waals surface area contributed by atoms with E-state index in [1.165, 1.54) is 25.3 Å². The summed E-state index contributed by atoms with van der Waals surface area (Å²) in [7, 11) is 1.43. The van der Waals surface area contributed by atoms with E-state index in [1.54, 1.807) is 4.90 Å². The van der Waals surface area contributed by atoms with Crippen molar-refractivity contribution in [3.8, 4) is 5.75 Å². The molecule has 0 radical (unpaired) electrons. The van der Waals surface area contributed by atoms with Gasteiger partial charge in [0.25, 0.3) is 11.6 Å². The second-order valence-electron chi connectivity index (χ2n) is 5.00. The zero-order chi connectivity index (χ0) is 16.1. The lowest BCUT2D eigenvalue weighted by molar-refractivity contribution is -0.384. The molecule has 1 saturated heterocycles. The molecule has 0 atom stereocenters. The van der Waals surface area contributed by atoms with Crippen LogP contribution in [-0.2, 0) is 0 Å². The maximum atomic E-state index is 12.6. The maximum Gasteiger partial charge on any atom is 0.270 e. The highest BCUT2D eigenvalue weighted by molar-refractivity contribution is 5.97. The number of piperazine rings is 1. The highest BCUT2D eigenvalue weighted by Crippen LogP contribution is 2.25. The summed E-state index contributed by atoms with van der Waals surface area (Å²) in [6.45, 7) is 3.05. The smallest absolute Gasteiger partial charge is 0.270 e. The number of nitro groups is 1. The summed E-state index contributed by atoms with van der Waals surface area (Å²) in [5.41, 5.74) is 0.0652. The molecular weight excluding hydrogens is 290 g/mol. The number of non-ortho nitro benzene ring substituents is 1. The molecule has 1 aromatic rings. The minimum atomic E-state index is -0.532. The van der Waals surface area contributed by atoms with Crippen LogP contribution in [0.5, 0.6) is 5.75 Å². The number of rotatable bonds is 5. The van der Waals surface area contributed by atoms with E-state index in [1.807, 2.05) is 0 Å². The molecule has 0 unspecified atom stereocenters. The molecule has 1 heterocycles. The van der Waals surface area contributed by atoms with E-state index in [0.717, 1.165) is 0 Å². The summed E-state index contributed by atoms with van der Waals surface area (Å²) < 4.78 is 5.14. The van der Waals surface area contributed by atoms with Gasteiger partial charge < -0.3 is 14.7 Å². The van der Waals surface area contributed by atoms with Crippen LogP contribution < -0.4 is 4.74 Å². The van der Waals surface area contributed by atoms with Gasteiger partial charge in [-0.25, -0.2) is 0 Å². The van der Waals surface area contributed by atoms with Crippen LogP contribution in [0.25, 0.3) is 0 Å². The minimum Gasteiger partial charge on any atom is -0.496 e. The number of aliphatic hydroxyl groups excluding tert-OH is 1. The van der Waals surface area contributed by atoms with Crippen LogP contribution in [0.2, 0.25) is 0 Å². The van der Waals surface area contributed by atoms with Crippen LogP contribution in [-0.4, -0.2) is 72.2 Å². The second-order valence-corrected chi connectivity index (χ2v) is 5.00. The standard InChI is InChI=1S/C14H19N3O5/c1-22-13-3-2-11(17(20)21)10-12(13)14(19)16-6-4-15(5-7-16)8-9-18/h2-3,10,18H,4-9H2,1H3. The van der Waals surface area contributed by atoms with Gasteiger partial charge in [-0.3, -0.25) is 19.8 Å². The van der Waals surface area contributed by atoms with Crippen molar-refractivity contribution in [3.05, 3.63) is 33.9 Å². The van der Waals surface area contributed by atoms with Crippen molar-refractivity contribution in [2.45, 2.75) is 0 Å². The van der Waals surface area contributed by atoms with Gasteiger partial charge in [-0.15, -0.1) is 0 Å². The van der Waals surface area contributed by atoms with Gasteiger partial charge in [0.15, 0.2) is 0 Å². The average Bonchev–Trinajstić information content (AvgIpc) is 2.54. The molecule has 1 N–H and O–H groups in total. The van der Waals surface area contributed by atoms with Crippen molar-refractivity contribution in [2.75, 3.05) is 46.4 Å². The topological polar surface area (TPSA) is 96.1 Å². The summed E-state index contributed by atoms with van der Waals surface area (Å²) in [4.78, 5) is 26.6. The minimum absolute atomic E-state index is 0.0899. The number of hydrogen-bond donors (Lipinski definition) is 1. The van der Waals surface area contributed by atoms with Gasteiger partial charge in [0.05, 0.1) is 24.2 Å². The van der Waals surface area contributed by atoms with E-state index in [4.69, 9.17) is 9.84 Å². The van der Waals surface area contributed by atoms with Crippen LogP contribution in [0.1, 0.15) is 10.4 Å². The zero-order valence-corrected chi connectivity index (χ0v) is 12.4. The number of β-amino-alcohol motifs (C(OH)–C–C–N with tert-alkyl or cyclic N) is 1. The monoisotopic (exact) mass is 309 g/mol. The first-order valence-electron chi connectivity index (χ1n) is 7.01. The number of aliphatic hydroxyl groups is 1. The molecule has 1 amide bonds. The first-order valence-corrected chi connectivity index (χ1v) is 7.01. The van der Waals surface area contributed by atoms with Crippen LogP contribution in [0.4, 0.5) is 5.69 Å². The lowest BCUT2D eigenvalue weighted by atomic mass is 10.1. The summed E-state index contributed by atoms with van der Waals surface area (Å²) in [5.74, 6) is 0.0533. The number of benzene rings is 1. The van der Waals surface area contributed by atoms with Crippen LogP contribution in [0, 0.1) is 10.1 Å². The number of methoxy groups -OCH3 is 1. The zero-order valence-electron chi connectivity index (χ0n) is 12.4. The summed E-state index contributed by atoms with van der Waals surface area (Å²) >= 11 is 0. The Balaban J connectivity index is 2.15. The Morgan fingerprint density at radius 1 is 1.36 bits per heavy atom. The lowest BCUT2D eigenvalue weighted by Gasteiger charge is -2.34. The Hall–Kier alpha value is -2.19. The van der Waals surface area contributed by atoms with E-state index in [2.05, 4.69) is 4.90 Å². The van der Waals surface area contributed by atoms with Crippen LogP contribution in [0.3, 0.4) is 0 Å². The fourth-order valence-corrected chi connectivity index (χ4v) is 2.46. The Morgan fingerprint density at radius 3 is 2.59 bits per heavy atom. The fraction of sp³-hybridized carbons (Fsp3) is 0.500. The molecule has 2 rings (SSSR count). The number of nitro benzene ring substituents is 1. The lowest BCUT2D eigenvalue weighted by Crippen LogP contribution is -2.49. The molecule has 120 valence electrons. The largest absolute Gasteiger partial charge is 0.496 e. The molecule has 0 aliphatic carbocycles. The van der Waals surface area contributed by atoms with Gasteiger partial charge in [0.1, 0.15) is 5.75 Å². The summed E-state index contributed by atoms with van der Waals surface area (Å²) in [6, 6.07) is 4.00. The van der Waals surface area contributed by atoms with Crippen molar-refractivity contribution in [1.29, 1.82) is 0 Å². The highest BCUT2D eigenvalue weighted by Gasteiger charge is 2.25. The molecule has 1 aromatic carbocycles. The molecular formula is C14H19N3O5. The molecule has 0 bridgehead atoms. The van der Waals surface area contributed by atoms with E-state index in [9.17, 15) is 14.9 Å². The molecule has 0 aromatic heterocycles. The molecule has 0 saturated carbocycles. The van der Waals surface area contributed by atoms with Crippen molar-refractivity contribution in [3.63, 3.8) is 0 Å². The predicted molar refractivity (Wildman–Crippen MR) is 79.1 cm³/mol. The Kier molecular flexibility index (Phi) is 5.29. The Bertz CT molecular complexity index is 555. The number of carbonyl (C=O) groups excluding carboxylic acids is 1. The maximum absolute atomic E-state index is 12.6. The van der Waals surface area contributed by atoms with Crippen molar-refractivity contribution < 1.29 is 19.6 Å². The van der Waals surface area contributed by atoms with E-state index >= 15 is 0 Å². The van der Waals surface area contributed by atoms with Crippen LogP contribution in [0.15, 0.2) is 18.2 Å². The quantitative estimate of drug-likeness (QED) is 0.623. The third-order valence-electron chi connectivity index (χ3n) is 3.70. The van der Waals surface area contributed by atoms with Gasteiger partial charge in [0.2, 0.25) is 0 Å². The second kappa shape index (κ2) is 7.19. The number of amides is 1. The van der Waals surface area contributed by atoms with Gasteiger partial charge >= 0.3 is 0 Å². The van der Waals surface area contributed by atoms with Gasteiger partial charge in [0, 0.05) is 44.9 Å². The Labute approximate surface area is 128 Å². The normalized spacial score (nSPS) is 15.6. The average molecular weight is 309 g/mol. The Morgan fingerprint density at radius 2 is 2.05 bits per heavy atom. The van der Waals surface area contributed by atoms with Gasteiger partial charge in [-0.05, 0) is 6.07 Å². The van der Waals surface area contributed by atoms with Crippen LogP contribution >= 0.6 is 0 Å². The third-order valence-corrected chi connectivity index (χ3v) is 3.70. The summed E-state index contributed by atoms with van der Waals surface area (Å²) in [6.07, 6.45) is 0. The third kappa shape index (κ3) is 3.52. The first-order chi connectivity index (χ1) is 10.6. The molecule has 22 heavy (non-hydrogen) atoms. The SMILES string of the molecule is COc1ccc([N+](=O)[O-])cc1C(=O)N1CCN(CCO)CC1. The number of hydrogen-bond acceptors (Lipinski definition) is 6. The first kappa shape index (κ1) is 16.2. The molecule has 8 heteroatoms. The van der Waals surface area contributed by atoms with Gasteiger partial charge in [-0.2, -0.15) is 0 Å². The number of nitrogens with zero attached hydrogens (tertiary/aromatic N) is 3. The molecule has 1 aliphatic rings.